The quantitative estimate of drug-likeness (QED) is 0.815. The van der Waals surface area contributed by atoms with Crippen LogP contribution in [0.1, 0.15) is 15.4 Å². The largest absolute Gasteiger partial charge is 0.477 e. The second-order valence-electron chi connectivity index (χ2n) is 2.41. The van der Waals surface area contributed by atoms with Gasteiger partial charge in [-0.3, -0.25) is 4.98 Å². The molecule has 1 N–H and O–H groups in total. The Morgan fingerprint density at radius 3 is 2.57 bits per heavy atom. The Hall–Kier alpha value is -1.20. The molecule has 0 radical (unpaired) electrons. The van der Waals surface area contributed by atoms with Crippen molar-refractivity contribution in [2.45, 2.75) is 6.92 Å². The maximum Gasteiger partial charge on any atom is 0.345 e. The third-order valence-electron chi connectivity index (χ3n) is 1.29. The third-order valence-corrected chi connectivity index (χ3v) is 2.85. The molecule has 0 saturated heterocycles. The topological polar surface area (TPSA) is 50.2 Å². The Bertz CT molecular complexity index is 367. The van der Waals surface area contributed by atoms with Crippen LogP contribution in [-0.2, 0) is 0 Å². The fraction of sp³-hybridized carbons (Fsp3) is 0.111. The van der Waals surface area contributed by atoms with Crippen LogP contribution in [0.25, 0.3) is 0 Å². The molecule has 3 nitrogen and oxygen atoms in total. The molecule has 0 amide bonds. The van der Waals surface area contributed by atoms with Crippen molar-refractivity contribution >= 4 is 28.6 Å². The highest BCUT2D eigenvalue weighted by Gasteiger charge is 1.99. The van der Waals surface area contributed by atoms with Gasteiger partial charge < -0.3 is 5.11 Å². The van der Waals surface area contributed by atoms with Gasteiger partial charge in [0.2, 0.25) is 0 Å². The Kier molecular flexibility index (Phi) is 4.28. The number of carboxylic acid groups (broad SMARTS) is 1. The van der Waals surface area contributed by atoms with Crippen molar-refractivity contribution in [3.8, 4) is 0 Å². The number of hydrogen-bond acceptors (Lipinski definition) is 4. The van der Waals surface area contributed by atoms with Crippen LogP contribution in [0, 0.1) is 6.92 Å². The zero-order valence-corrected chi connectivity index (χ0v) is 9.14. The highest BCUT2D eigenvalue weighted by Crippen LogP contribution is 2.06. The van der Waals surface area contributed by atoms with Gasteiger partial charge in [0, 0.05) is 11.1 Å². The molecule has 14 heavy (non-hydrogen) atoms. The average Bonchev–Trinajstić information content (AvgIpc) is 2.75. The molecule has 0 spiro atoms. The molecule has 2 aromatic rings. The molecule has 0 aliphatic carbocycles. The molecule has 0 unspecified atom stereocenters. The summed E-state index contributed by atoms with van der Waals surface area (Å²) >= 11 is 2.86. The zero-order valence-electron chi connectivity index (χ0n) is 7.51. The molecular formula is C9H9NO2S2. The first-order valence-corrected chi connectivity index (χ1v) is 5.64. The number of aromatic carboxylic acids is 1. The summed E-state index contributed by atoms with van der Waals surface area (Å²) in [6.45, 7) is 1.98. The van der Waals surface area contributed by atoms with Crippen molar-refractivity contribution in [1.82, 2.24) is 4.98 Å². The van der Waals surface area contributed by atoms with Gasteiger partial charge in [-0.05, 0) is 18.4 Å². The number of thiophene rings is 1. The van der Waals surface area contributed by atoms with Crippen LogP contribution in [0.2, 0.25) is 0 Å². The van der Waals surface area contributed by atoms with Crippen molar-refractivity contribution in [3.63, 3.8) is 0 Å². The number of hydrogen-bond donors (Lipinski definition) is 1. The molecule has 0 aliphatic heterocycles. The van der Waals surface area contributed by atoms with Crippen LogP contribution in [0.15, 0.2) is 28.4 Å². The Labute approximate surface area is 89.7 Å². The Morgan fingerprint density at radius 2 is 2.36 bits per heavy atom. The molecule has 0 saturated carbocycles. The molecule has 2 heterocycles. The lowest BCUT2D eigenvalue weighted by Crippen LogP contribution is -1.89. The van der Waals surface area contributed by atoms with E-state index in [1.807, 2.05) is 17.8 Å². The summed E-state index contributed by atoms with van der Waals surface area (Å²) in [6, 6.07) is 3.29. The van der Waals surface area contributed by atoms with E-state index in [0.29, 0.717) is 4.88 Å². The zero-order chi connectivity index (χ0) is 10.4. The smallest absolute Gasteiger partial charge is 0.345 e. The molecule has 0 atom stereocenters. The summed E-state index contributed by atoms with van der Waals surface area (Å²) in [5.41, 5.74) is 2.94. The van der Waals surface area contributed by atoms with Gasteiger partial charge in [-0.15, -0.1) is 22.7 Å². The predicted octanol–water partition coefficient (Wildman–Crippen LogP) is 2.90. The lowest BCUT2D eigenvalue weighted by molar-refractivity contribution is 0.0702. The number of rotatable bonds is 1. The first-order valence-electron chi connectivity index (χ1n) is 3.81. The highest BCUT2D eigenvalue weighted by atomic mass is 32.1. The van der Waals surface area contributed by atoms with Crippen molar-refractivity contribution in [1.29, 1.82) is 0 Å². The van der Waals surface area contributed by atoms with Crippen LogP contribution < -0.4 is 0 Å². The van der Waals surface area contributed by atoms with Gasteiger partial charge in [-0.25, -0.2) is 4.79 Å². The van der Waals surface area contributed by atoms with Crippen molar-refractivity contribution in [2.75, 3.05) is 0 Å². The van der Waals surface area contributed by atoms with Gasteiger partial charge in [0.25, 0.3) is 0 Å². The standard InChI is InChI=1S/C5H4O2S.C4H5NS/c6-5(7)4-2-1-3-8-4;1-4-2-6-3-5-4/h1-3H,(H,6,7);2-3H,1H3. The molecule has 5 heteroatoms. The fourth-order valence-corrected chi connectivity index (χ4v) is 1.78. The number of carboxylic acids is 1. The molecule has 74 valence electrons. The van der Waals surface area contributed by atoms with Crippen molar-refractivity contribution in [2.24, 2.45) is 0 Å². The molecule has 2 rings (SSSR count). The molecule has 0 aliphatic rings. The summed E-state index contributed by atoms with van der Waals surface area (Å²) in [6.07, 6.45) is 0. The van der Waals surface area contributed by atoms with Gasteiger partial charge >= 0.3 is 5.97 Å². The molecule has 0 aromatic carbocycles. The van der Waals surface area contributed by atoms with E-state index in [-0.39, 0.29) is 0 Å². The SMILES string of the molecule is Cc1cscn1.O=C(O)c1cccs1. The number of aromatic nitrogens is 1. The van der Waals surface area contributed by atoms with Crippen LogP contribution in [-0.4, -0.2) is 16.1 Å². The lowest BCUT2D eigenvalue weighted by atomic mass is 10.5. The van der Waals surface area contributed by atoms with E-state index in [0.717, 1.165) is 5.69 Å². The van der Waals surface area contributed by atoms with E-state index in [1.165, 1.54) is 11.3 Å². The minimum atomic E-state index is -0.847. The van der Waals surface area contributed by atoms with Gasteiger partial charge in [0.05, 0.1) is 5.51 Å². The highest BCUT2D eigenvalue weighted by molar-refractivity contribution is 7.11. The van der Waals surface area contributed by atoms with E-state index in [9.17, 15) is 4.79 Å². The first kappa shape index (κ1) is 10.9. The number of nitrogens with zero attached hydrogens (tertiary/aromatic N) is 1. The van der Waals surface area contributed by atoms with Crippen LogP contribution in [0.5, 0.6) is 0 Å². The van der Waals surface area contributed by atoms with E-state index >= 15 is 0 Å². The van der Waals surface area contributed by atoms with E-state index in [2.05, 4.69) is 4.98 Å². The maximum absolute atomic E-state index is 10.1. The first-order chi connectivity index (χ1) is 6.70. The summed E-state index contributed by atoms with van der Waals surface area (Å²) < 4.78 is 0. The van der Waals surface area contributed by atoms with Crippen LogP contribution >= 0.6 is 22.7 Å². The summed E-state index contributed by atoms with van der Waals surface area (Å²) in [4.78, 5) is 14.4. The van der Waals surface area contributed by atoms with Gasteiger partial charge in [-0.1, -0.05) is 6.07 Å². The second kappa shape index (κ2) is 5.51. The Morgan fingerprint density at radius 1 is 1.57 bits per heavy atom. The minimum absolute atomic E-state index is 0.394. The van der Waals surface area contributed by atoms with Crippen LogP contribution in [0.4, 0.5) is 0 Å². The lowest BCUT2D eigenvalue weighted by Gasteiger charge is -1.78. The van der Waals surface area contributed by atoms with Gasteiger partial charge in [0.15, 0.2) is 0 Å². The molecular weight excluding hydrogens is 218 g/mol. The molecule has 0 fully saturated rings. The average molecular weight is 227 g/mol. The summed E-state index contributed by atoms with van der Waals surface area (Å²) in [7, 11) is 0. The second-order valence-corrected chi connectivity index (χ2v) is 4.08. The van der Waals surface area contributed by atoms with E-state index < -0.39 is 5.97 Å². The fourth-order valence-electron chi connectivity index (χ4n) is 0.673. The van der Waals surface area contributed by atoms with Gasteiger partial charge in [0.1, 0.15) is 4.88 Å². The van der Waals surface area contributed by atoms with E-state index in [1.54, 1.807) is 28.8 Å². The number of thiazole rings is 1. The van der Waals surface area contributed by atoms with Gasteiger partial charge in [-0.2, -0.15) is 0 Å². The minimum Gasteiger partial charge on any atom is -0.477 e. The summed E-state index contributed by atoms with van der Waals surface area (Å²) in [5.74, 6) is -0.847. The Balaban J connectivity index is 0.000000146. The predicted molar refractivity (Wildman–Crippen MR) is 58.1 cm³/mol. The normalized spacial score (nSPS) is 8.93. The van der Waals surface area contributed by atoms with Crippen molar-refractivity contribution < 1.29 is 9.90 Å². The van der Waals surface area contributed by atoms with Crippen LogP contribution in [0.3, 0.4) is 0 Å². The third kappa shape index (κ3) is 3.68. The monoisotopic (exact) mass is 227 g/mol. The maximum atomic E-state index is 10.1. The van der Waals surface area contributed by atoms with E-state index in [4.69, 9.17) is 5.11 Å². The number of aryl methyl sites for hydroxylation is 1. The molecule has 0 bridgehead atoms. The molecule has 2 aromatic heterocycles. The number of carbonyl (C=O) groups is 1. The van der Waals surface area contributed by atoms with Crippen molar-refractivity contribution in [3.05, 3.63) is 39.0 Å². The summed E-state index contributed by atoms with van der Waals surface area (Å²) in [5, 5.41) is 12.0.